The zero-order chi connectivity index (χ0) is 19.3. The van der Waals surface area contributed by atoms with Crippen LogP contribution >= 0.6 is 0 Å². The second-order valence-corrected chi connectivity index (χ2v) is 7.29. The van der Waals surface area contributed by atoms with Crippen LogP contribution in [0.1, 0.15) is 41.0 Å². The Labute approximate surface area is 157 Å². The minimum Gasteiger partial charge on any atom is -0.332 e. The van der Waals surface area contributed by atoms with E-state index < -0.39 is 0 Å². The van der Waals surface area contributed by atoms with Crippen LogP contribution in [0.3, 0.4) is 0 Å². The minimum absolute atomic E-state index is 0.0636. The number of halogens is 1. The highest BCUT2D eigenvalue weighted by Crippen LogP contribution is 2.30. The Morgan fingerprint density at radius 3 is 2.59 bits per heavy atom. The summed E-state index contributed by atoms with van der Waals surface area (Å²) in [5.41, 5.74) is 5.27. The summed E-state index contributed by atoms with van der Waals surface area (Å²) in [7, 11) is 0. The highest BCUT2D eigenvalue weighted by Gasteiger charge is 2.29. The van der Waals surface area contributed by atoms with Gasteiger partial charge in [0.15, 0.2) is 0 Å². The fraction of sp³-hybridized carbons (Fsp3) is 0.286. The van der Waals surface area contributed by atoms with Crippen LogP contribution in [-0.2, 0) is 6.54 Å². The van der Waals surface area contributed by atoms with Crippen LogP contribution in [0, 0.1) is 19.7 Å². The van der Waals surface area contributed by atoms with E-state index in [-0.39, 0.29) is 17.8 Å². The van der Waals surface area contributed by atoms with E-state index in [2.05, 4.69) is 10.3 Å². The molecule has 6 heteroatoms. The van der Waals surface area contributed by atoms with Crippen molar-refractivity contribution in [1.29, 1.82) is 0 Å². The fourth-order valence-corrected chi connectivity index (χ4v) is 3.52. The summed E-state index contributed by atoms with van der Waals surface area (Å²) in [5, 5.41) is 8.43. The molecule has 0 radical (unpaired) electrons. The first-order chi connectivity index (χ1) is 12.9. The standard InChI is InChI=1S/C21H21FN4O/c1-12(2)25-11-16-10-15(6-7-17(16)21(25)27)20-14(4)26(24-23-20)19-8-5-13(3)9-18(19)22/h5-10,12H,11H2,1-4H3. The molecule has 1 aliphatic rings. The van der Waals surface area contributed by atoms with Crippen LogP contribution in [0.4, 0.5) is 4.39 Å². The first-order valence-corrected chi connectivity index (χ1v) is 9.00. The minimum atomic E-state index is -0.332. The van der Waals surface area contributed by atoms with E-state index in [1.807, 2.05) is 56.9 Å². The molecular formula is C21H21FN4O. The Morgan fingerprint density at radius 2 is 1.89 bits per heavy atom. The molecule has 27 heavy (non-hydrogen) atoms. The first kappa shape index (κ1) is 17.4. The van der Waals surface area contributed by atoms with Crippen LogP contribution in [0.2, 0.25) is 0 Å². The van der Waals surface area contributed by atoms with Gasteiger partial charge in [-0.2, -0.15) is 0 Å². The van der Waals surface area contributed by atoms with Gasteiger partial charge in [-0.3, -0.25) is 4.79 Å². The number of aryl methyl sites for hydroxylation is 1. The van der Waals surface area contributed by atoms with Crippen LogP contribution in [0.5, 0.6) is 0 Å². The summed E-state index contributed by atoms with van der Waals surface area (Å²) in [6.07, 6.45) is 0. The van der Waals surface area contributed by atoms with Crippen LogP contribution < -0.4 is 0 Å². The SMILES string of the molecule is Cc1ccc(-n2nnc(-c3ccc4c(c3)CN(C(C)C)C4=O)c2C)c(F)c1. The molecule has 0 atom stereocenters. The summed E-state index contributed by atoms with van der Waals surface area (Å²) >= 11 is 0. The maximum absolute atomic E-state index is 14.3. The lowest BCUT2D eigenvalue weighted by Crippen LogP contribution is -2.30. The summed E-state index contributed by atoms with van der Waals surface area (Å²) in [6, 6.07) is 10.9. The largest absolute Gasteiger partial charge is 0.332 e. The van der Waals surface area contributed by atoms with Gasteiger partial charge in [0.1, 0.15) is 17.2 Å². The number of aromatic nitrogens is 3. The lowest BCUT2D eigenvalue weighted by atomic mass is 10.0. The van der Waals surface area contributed by atoms with Crippen molar-refractivity contribution in [2.45, 2.75) is 40.3 Å². The summed E-state index contributed by atoms with van der Waals surface area (Å²) in [4.78, 5) is 14.3. The van der Waals surface area contributed by atoms with Crippen LogP contribution in [0.15, 0.2) is 36.4 Å². The molecule has 0 bridgehead atoms. The van der Waals surface area contributed by atoms with Crippen LogP contribution in [0.25, 0.3) is 16.9 Å². The predicted molar refractivity (Wildman–Crippen MR) is 101 cm³/mol. The van der Waals surface area contributed by atoms with E-state index >= 15 is 0 Å². The molecule has 5 nitrogen and oxygen atoms in total. The molecule has 0 fully saturated rings. The van der Waals surface area contributed by atoms with Gasteiger partial charge in [0, 0.05) is 23.7 Å². The molecule has 2 aromatic carbocycles. The molecule has 0 unspecified atom stereocenters. The third-order valence-corrected chi connectivity index (χ3v) is 5.06. The summed E-state index contributed by atoms with van der Waals surface area (Å²) < 4.78 is 15.9. The van der Waals surface area contributed by atoms with Gasteiger partial charge in [0.2, 0.25) is 0 Å². The average Bonchev–Trinajstić information content (AvgIpc) is 3.15. The van der Waals surface area contributed by atoms with Gasteiger partial charge in [0.05, 0.1) is 5.69 Å². The highest BCUT2D eigenvalue weighted by molar-refractivity contribution is 5.99. The second kappa shape index (κ2) is 6.30. The number of hydrogen-bond acceptors (Lipinski definition) is 3. The topological polar surface area (TPSA) is 51.0 Å². The van der Waals surface area contributed by atoms with Crippen molar-refractivity contribution in [3.05, 3.63) is 64.6 Å². The van der Waals surface area contributed by atoms with Gasteiger partial charge in [-0.15, -0.1) is 5.10 Å². The van der Waals surface area contributed by atoms with Crippen molar-refractivity contribution in [2.75, 3.05) is 0 Å². The van der Waals surface area contributed by atoms with E-state index in [1.165, 1.54) is 10.7 Å². The molecule has 4 rings (SSSR count). The van der Waals surface area contributed by atoms with Gasteiger partial charge in [0.25, 0.3) is 5.91 Å². The Hall–Kier alpha value is -3.02. The number of rotatable bonds is 3. The maximum atomic E-state index is 14.3. The summed E-state index contributed by atoms with van der Waals surface area (Å²) in [5.74, 6) is -0.268. The molecule has 0 aliphatic carbocycles. The van der Waals surface area contributed by atoms with E-state index in [0.29, 0.717) is 17.9 Å². The zero-order valence-corrected chi connectivity index (χ0v) is 15.8. The van der Waals surface area contributed by atoms with Gasteiger partial charge in [-0.05, 0) is 63.1 Å². The first-order valence-electron chi connectivity index (χ1n) is 9.00. The number of hydrogen-bond donors (Lipinski definition) is 0. The van der Waals surface area contributed by atoms with Crippen molar-refractivity contribution >= 4 is 5.91 Å². The predicted octanol–water partition coefficient (Wildman–Crippen LogP) is 4.05. The molecule has 0 saturated heterocycles. The Kier molecular flexibility index (Phi) is 4.06. The van der Waals surface area contributed by atoms with Crippen molar-refractivity contribution in [2.24, 2.45) is 0 Å². The summed E-state index contributed by atoms with van der Waals surface area (Å²) in [6.45, 7) is 8.33. The molecule has 1 amide bonds. The molecular weight excluding hydrogens is 343 g/mol. The zero-order valence-electron chi connectivity index (χ0n) is 15.8. The van der Waals surface area contributed by atoms with Gasteiger partial charge in [-0.1, -0.05) is 17.3 Å². The number of carbonyl (C=O) groups excluding carboxylic acids is 1. The Bertz CT molecular complexity index is 1050. The number of carbonyl (C=O) groups is 1. The third-order valence-electron chi connectivity index (χ3n) is 5.06. The third kappa shape index (κ3) is 2.81. The number of fused-ring (bicyclic) bond motifs is 1. The van der Waals surface area contributed by atoms with Gasteiger partial charge < -0.3 is 4.90 Å². The molecule has 0 spiro atoms. The van der Waals surface area contributed by atoms with Crippen molar-refractivity contribution in [1.82, 2.24) is 19.9 Å². The smallest absolute Gasteiger partial charge is 0.254 e. The molecule has 138 valence electrons. The lowest BCUT2D eigenvalue weighted by Gasteiger charge is -2.19. The van der Waals surface area contributed by atoms with Gasteiger partial charge >= 0.3 is 0 Å². The van der Waals surface area contributed by atoms with E-state index in [4.69, 9.17) is 0 Å². The lowest BCUT2D eigenvalue weighted by molar-refractivity contribution is 0.0730. The number of benzene rings is 2. The van der Waals surface area contributed by atoms with Crippen LogP contribution in [-0.4, -0.2) is 31.8 Å². The van der Waals surface area contributed by atoms with Gasteiger partial charge in [-0.25, -0.2) is 9.07 Å². The molecule has 2 heterocycles. The van der Waals surface area contributed by atoms with Crippen molar-refractivity contribution in [3.8, 4) is 16.9 Å². The fourth-order valence-electron chi connectivity index (χ4n) is 3.52. The van der Waals surface area contributed by atoms with Crippen molar-refractivity contribution in [3.63, 3.8) is 0 Å². The maximum Gasteiger partial charge on any atom is 0.254 e. The quantitative estimate of drug-likeness (QED) is 0.704. The molecule has 0 saturated carbocycles. The van der Waals surface area contributed by atoms with Crippen molar-refractivity contribution < 1.29 is 9.18 Å². The molecule has 1 aliphatic heterocycles. The average molecular weight is 364 g/mol. The highest BCUT2D eigenvalue weighted by atomic mass is 19.1. The van der Waals surface area contributed by atoms with E-state index in [1.54, 1.807) is 6.07 Å². The second-order valence-electron chi connectivity index (χ2n) is 7.29. The molecule has 3 aromatic rings. The number of nitrogens with zero attached hydrogens (tertiary/aromatic N) is 4. The molecule has 1 aromatic heterocycles. The molecule has 0 N–H and O–H groups in total. The monoisotopic (exact) mass is 364 g/mol. The number of amides is 1. The van der Waals surface area contributed by atoms with E-state index in [0.717, 1.165) is 27.9 Å². The van der Waals surface area contributed by atoms with E-state index in [9.17, 15) is 9.18 Å². The Balaban J connectivity index is 1.74. The Morgan fingerprint density at radius 1 is 1.11 bits per heavy atom. The normalized spacial score (nSPS) is 13.6.